The van der Waals surface area contributed by atoms with E-state index in [0.29, 0.717) is 6.42 Å². The van der Waals surface area contributed by atoms with Gasteiger partial charge < -0.3 is 61.9 Å². The molecular formula is C44H62O14. The number of unbranched alkanes of at least 4 members (excludes halogenated alkanes) is 4. The number of rotatable bonds is 16. The Labute approximate surface area is 341 Å². The van der Waals surface area contributed by atoms with Gasteiger partial charge in [-0.3, -0.25) is 4.79 Å². The smallest absolute Gasteiger partial charge is 0.306 e. The van der Waals surface area contributed by atoms with Gasteiger partial charge in [-0.1, -0.05) is 93.3 Å². The molecule has 14 nitrogen and oxygen atoms in total. The lowest BCUT2D eigenvalue weighted by Gasteiger charge is -2.49. The summed E-state index contributed by atoms with van der Waals surface area (Å²) >= 11 is 0. The Morgan fingerprint density at radius 3 is 2.10 bits per heavy atom. The number of aliphatic hydroxyl groups is 1. The van der Waals surface area contributed by atoms with Crippen LogP contribution in [0.3, 0.4) is 0 Å². The fourth-order valence-corrected chi connectivity index (χ4v) is 8.34. The van der Waals surface area contributed by atoms with Crippen molar-refractivity contribution in [2.24, 2.45) is 0 Å². The summed E-state index contributed by atoms with van der Waals surface area (Å²) in [6.45, 7) is 13.5. The summed E-state index contributed by atoms with van der Waals surface area (Å²) in [5, 5.41) is 12.1. The van der Waals surface area contributed by atoms with Gasteiger partial charge in [-0.25, -0.2) is 0 Å². The van der Waals surface area contributed by atoms with Gasteiger partial charge in [0.1, 0.15) is 48.8 Å². The Bertz CT molecular complexity index is 1610. The van der Waals surface area contributed by atoms with Crippen LogP contribution in [0.15, 0.2) is 60.7 Å². The summed E-state index contributed by atoms with van der Waals surface area (Å²) in [5.74, 6) is -3.40. The molecule has 0 saturated carbocycles. The van der Waals surface area contributed by atoms with Crippen molar-refractivity contribution < 1.29 is 66.7 Å². The van der Waals surface area contributed by atoms with E-state index in [0.717, 1.165) is 36.8 Å². The molecule has 322 valence electrons. The lowest BCUT2D eigenvalue weighted by molar-refractivity contribution is -0.386. The molecule has 5 aliphatic rings. The molecule has 2 unspecified atom stereocenters. The van der Waals surface area contributed by atoms with E-state index in [1.807, 2.05) is 88.4 Å². The van der Waals surface area contributed by atoms with Crippen molar-refractivity contribution in [3.05, 3.63) is 71.8 Å². The minimum Gasteiger partial charge on any atom is -0.454 e. The number of hydrogen-bond acceptors (Lipinski definition) is 14. The molecule has 58 heavy (non-hydrogen) atoms. The molecule has 0 aromatic heterocycles. The molecule has 5 saturated heterocycles. The summed E-state index contributed by atoms with van der Waals surface area (Å²) in [6.07, 6.45) is -6.06. The predicted octanol–water partition coefficient (Wildman–Crippen LogP) is 6.21. The number of fused-ring (bicyclic) bond motifs is 1. The van der Waals surface area contributed by atoms with E-state index in [2.05, 4.69) is 6.92 Å². The predicted molar refractivity (Wildman–Crippen MR) is 207 cm³/mol. The third-order valence-electron chi connectivity index (χ3n) is 11.0. The molecule has 1 N–H and O–H groups in total. The summed E-state index contributed by atoms with van der Waals surface area (Å²) in [5.41, 5.74) is 1.73. The van der Waals surface area contributed by atoms with Gasteiger partial charge in [0.15, 0.2) is 36.0 Å². The molecule has 12 atom stereocenters. The van der Waals surface area contributed by atoms with E-state index >= 15 is 0 Å². The second kappa shape index (κ2) is 18.6. The van der Waals surface area contributed by atoms with Crippen molar-refractivity contribution in [1.29, 1.82) is 0 Å². The summed E-state index contributed by atoms with van der Waals surface area (Å²) < 4.78 is 76.4. The quantitative estimate of drug-likeness (QED) is 0.116. The Kier molecular flexibility index (Phi) is 13.9. The van der Waals surface area contributed by atoms with E-state index in [4.69, 9.17) is 56.8 Å². The first kappa shape index (κ1) is 43.5. The molecule has 2 aromatic carbocycles. The number of benzene rings is 2. The van der Waals surface area contributed by atoms with Crippen LogP contribution in [-0.2, 0) is 68.2 Å². The number of aliphatic hydroxyl groups excluding tert-OH is 1. The zero-order valence-electron chi connectivity index (χ0n) is 34.8. The molecular weight excluding hydrogens is 752 g/mol. The number of hydrogen-bond donors (Lipinski definition) is 1. The molecule has 5 fully saturated rings. The summed E-state index contributed by atoms with van der Waals surface area (Å²) in [6, 6.07) is 19.3. The summed E-state index contributed by atoms with van der Waals surface area (Å²) in [7, 11) is 0. The first-order valence-electron chi connectivity index (χ1n) is 20.9. The number of ether oxygens (including phenoxy) is 12. The highest BCUT2D eigenvalue weighted by Crippen LogP contribution is 2.44. The lowest BCUT2D eigenvalue weighted by Crippen LogP contribution is -2.65. The molecule has 7 rings (SSSR count). The van der Waals surface area contributed by atoms with E-state index in [1.54, 1.807) is 13.8 Å². The molecule has 0 spiro atoms. The number of carbonyl (C=O) groups is 1. The Balaban J connectivity index is 1.16. The van der Waals surface area contributed by atoms with E-state index in [9.17, 15) is 9.90 Å². The van der Waals surface area contributed by atoms with E-state index < -0.39 is 97.1 Å². The standard InChI is InChI=1S/C44H62O14/c1-8-9-10-11-18-23-31(45)51-38-34(47-24-27-19-14-12-15-20-27)32-29(25-48-40(52-32)28-21-16-13-17-22-28)50-41(38)53-39(46)37-36(57-44(6,7)58-37)35-33(55-43(4,5)56-35)30-26-49-42(2,3)54-30/h12-17,19-22,29-30,32-41,46H,8-11,18,23-26H2,1-7H3/t29-,30+,32-,33-,34+,35+,36+,37-,38+,39?,40?,41+/m1/s1. The SMILES string of the molecule is CCCCCCCC(=O)O[C@@H]1[C@H](OC(O)[C@@H]2OC(C)(C)O[C@H]2[C@H]2OC(C)(C)O[C@@H]2[C@@H]2COC(C)(C)O2)O[C@@H]2COC(c3ccccc3)O[C@H]2[C@@H]1OCc1ccccc1. The molecule has 5 heterocycles. The van der Waals surface area contributed by atoms with Gasteiger partial charge in [-0.15, -0.1) is 0 Å². The van der Waals surface area contributed by atoms with Crippen LogP contribution >= 0.6 is 0 Å². The molecule has 0 aliphatic carbocycles. The fourth-order valence-electron chi connectivity index (χ4n) is 8.34. The van der Waals surface area contributed by atoms with Gasteiger partial charge in [0.25, 0.3) is 0 Å². The van der Waals surface area contributed by atoms with Crippen LogP contribution in [0.2, 0.25) is 0 Å². The zero-order chi connectivity index (χ0) is 41.1. The maximum atomic E-state index is 13.7. The highest BCUT2D eigenvalue weighted by molar-refractivity contribution is 5.69. The highest BCUT2D eigenvalue weighted by Gasteiger charge is 2.60. The second-order valence-corrected chi connectivity index (χ2v) is 17.1. The monoisotopic (exact) mass is 814 g/mol. The van der Waals surface area contributed by atoms with Crippen LogP contribution < -0.4 is 0 Å². The van der Waals surface area contributed by atoms with Crippen LogP contribution in [-0.4, -0.2) is 109 Å². The molecule has 0 bridgehead atoms. The Morgan fingerprint density at radius 1 is 0.724 bits per heavy atom. The Hall–Kier alpha value is -2.57. The zero-order valence-corrected chi connectivity index (χ0v) is 34.8. The maximum Gasteiger partial charge on any atom is 0.306 e. The van der Waals surface area contributed by atoms with Crippen LogP contribution in [0.4, 0.5) is 0 Å². The molecule has 0 radical (unpaired) electrons. The van der Waals surface area contributed by atoms with Crippen molar-refractivity contribution in [3.63, 3.8) is 0 Å². The first-order chi connectivity index (χ1) is 27.7. The first-order valence-corrected chi connectivity index (χ1v) is 20.9. The van der Waals surface area contributed by atoms with Crippen molar-refractivity contribution in [2.75, 3.05) is 13.2 Å². The molecule has 14 heteroatoms. The van der Waals surface area contributed by atoms with Crippen LogP contribution in [0.5, 0.6) is 0 Å². The average Bonchev–Trinajstić information content (AvgIpc) is 3.84. The number of esters is 1. The maximum absolute atomic E-state index is 13.7. The van der Waals surface area contributed by atoms with Gasteiger partial charge in [-0.2, -0.15) is 0 Å². The minimum atomic E-state index is -1.66. The minimum absolute atomic E-state index is 0.117. The van der Waals surface area contributed by atoms with Crippen molar-refractivity contribution in [1.82, 2.24) is 0 Å². The van der Waals surface area contributed by atoms with Crippen molar-refractivity contribution >= 4 is 5.97 Å². The molecule has 5 aliphatic heterocycles. The third kappa shape index (κ3) is 10.7. The average molecular weight is 815 g/mol. The van der Waals surface area contributed by atoms with Crippen LogP contribution in [0.1, 0.15) is 104 Å². The third-order valence-corrected chi connectivity index (χ3v) is 11.0. The Morgan fingerprint density at radius 2 is 1.40 bits per heavy atom. The van der Waals surface area contributed by atoms with Gasteiger partial charge >= 0.3 is 5.97 Å². The molecule has 0 amide bonds. The highest BCUT2D eigenvalue weighted by atomic mass is 16.8. The van der Waals surface area contributed by atoms with Crippen molar-refractivity contribution in [3.8, 4) is 0 Å². The van der Waals surface area contributed by atoms with Gasteiger partial charge in [0.05, 0.1) is 19.8 Å². The number of carbonyl (C=O) groups excluding carboxylic acids is 1. The van der Waals surface area contributed by atoms with Gasteiger partial charge in [-0.05, 0) is 53.5 Å². The second-order valence-electron chi connectivity index (χ2n) is 17.1. The topological polar surface area (TPSA) is 148 Å². The van der Waals surface area contributed by atoms with Gasteiger partial charge in [0.2, 0.25) is 6.29 Å². The van der Waals surface area contributed by atoms with Crippen LogP contribution in [0, 0.1) is 0 Å². The lowest BCUT2D eigenvalue weighted by atomic mass is 9.96. The van der Waals surface area contributed by atoms with Gasteiger partial charge in [0, 0.05) is 12.0 Å². The van der Waals surface area contributed by atoms with E-state index in [-0.39, 0.29) is 26.2 Å². The molecule has 2 aromatic rings. The largest absolute Gasteiger partial charge is 0.454 e. The van der Waals surface area contributed by atoms with Crippen molar-refractivity contribution in [2.45, 2.75) is 185 Å². The van der Waals surface area contributed by atoms with Crippen LogP contribution in [0.25, 0.3) is 0 Å². The van der Waals surface area contributed by atoms with E-state index in [1.165, 1.54) is 0 Å². The fraction of sp³-hybridized carbons (Fsp3) is 0.705. The summed E-state index contributed by atoms with van der Waals surface area (Å²) in [4.78, 5) is 13.7. The normalized spacial score (nSPS) is 35.7.